The molecule has 1 N–H and O–H groups in total. The SMILES string of the molecule is CCc1ccc(-c2noc(CCC3CCNC3)n2)cc1. The molecule has 4 nitrogen and oxygen atoms in total. The average Bonchev–Trinajstić information content (AvgIpc) is 3.17. The normalized spacial score (nSPS) is 18.6. The summed E-state index contributed by atoms with van der Waals surface area (Å²) in [5, 5.41) is 7.47. The monoisotopic (exact) mass is 271 g/mol. The van der Waals surface area contributed by atoms with Gasteiger partial charge in [-0.05, 0) is 43.8 Å². The van der Waals surface area contributed by atoms with E-state index in [-0.39, 0.29) is 0 Å². The molecule has 4 heteroatoms. The van der Waals surface area contributed by atoms with Crippen LogP contribution in [0.2, 0.25) is 0 Å². The van der Waals surface area contributed by atoms with Crippen LogP contribution in [0.15, 0.2) is 28.8 Å². The largest absolute Gasteiger partial charge is 0.339 e. The first kappa shape index (κ1) is 13.3. The van der Waals surface area contributed by atoms with Crippen molar-refractivity contribution in [3.05, 3.63) is 35.7 Å². The second kappa shape index (κ2) is 6.18. The Morgan fingerprint density at radius 3 is 2.85 bits per heavy atom. The van der Waals surface area contributed by atoms with Crippen LogP contribution in [0.4, 0.5) is 0 Å². The van der Waals surface area contributed by atoms with Crippen LogP contribution < -0.4 is 5.32 Å². The second-order valence-electron chi connectivity index (χ2n) is 5.46. The minimum Gasteiger partial charge on any atom is -0.339 e. The molecule has 0 radical (unpaired) electrons. The minimum atomic E-state index is 0.701. The number of nitrogens with one attached hydrogen (secondary N) is 1. The van der Waals surface area contributed by atoms with Crippen LogP contribution in [0.1, 0.15) is 31.2 Å². The van der Waals surface area contributed by atoms with E-state index < -0.39 is 0 Å². The third-order valence-corrected chi connectivity index (χ3v) is 4.02. The lowest BCUT2D eigenvalue weighted by Crippen LogP contribution is -2.09. The van der Waals surface area contributed by atoms with Crippen LogP contribution in [-0.2, 0) is 12.8 Å². The lowest BCUT2D eigenvalue weighted by atomic mass is 10.0. The fourth-order valence-corrected chi connectivity index (χ4v) is 2.65. The number of aromatic nitrogens is 2. The molecule has 106 valence electrons. The van der Waals surface area contributed by atoms with Crippen LogP contribution in [0.3, 0.4) is 0 Å². The van der Waals surface area contributed by atoms with Gasteiger partial charge in [-0.25, -0.2) is 0 Å². The highest BCUT2D eigenvalue weighted by atomic mass is 16.5. The van der Waals surface area contributed by atoms with Gasteiger partial charge in [0.1, 0.15) is 0 Å². The molecule has 3 rings (SSSR count). The molecule has 2 heterocycles. The number of rotatable bonds is 5. The van der Waals surface area contributed by atoms with Crippen molar-refractivity contribution in [2.24, 2.45) is 5.92 Å². The summed E-state index contributed by atoms with van der Waals surface area (Å²) in [6.45, 7) is 4.42. The van der Waals surface area contributed by atoms with Gasteiger partial charge in [0.15, 0.2) is 0 Å². The molecule has 0 bridgehead atoms. The molecule has 0 aliphatic carbocycles. The van der Waals surface area contributed by atoms with E-state index in [1.807, 2.05) is 0 Å². The second-order valence-corrected chi connectivity index (χ2v) is 5.46. The Morgan fingerprint density at radius 1 is 1.30 bits per heavy atom. The molecule has 1 saturated heterocycles. The maximum absolute atomic E-state index is 5.35. The molecule has 0 amide bonds. The maximum Gasteiger partial charge on any atom is 0.226 e. The zero-order chi connectivity index (χ0) is 13.8. The van der Waals surface area contributed by atoms with Crippen LogP contribution >= 0.6 is 0 Å². The van der Waals surface area contributed by atoms with E-state index in [1.54, 1.807) is 0 Å². The number of hydrogen-bond acceptors (Lipinski definition) is 4. The molecule has 0 spiro atoms. The number of nitrogens with zero attached hydrogens (tertiary/aromatic N) is 2. The molecule has 1 fully saturated rings. The predicted octanol–water partition coefficient (Wildman–Crippen LogP) is 2.84. The molecule has 1 atom stereocenters. The Morgan fingerprint density at radius 2 is 2.15 bits per heavy atom. The molecular weight excluding hydrogens is 250 g/mol. The maximum atomic E-state index is 5.35. The van der Waals surface area contributed by atoms with Gasteiger partial charge in [-0.3, -0.25) is 0 Å². The van der Waals surface area contributed by atoms with E-state index in [2.05, 4.69) is 46.6 Å². The lowest BCUT2D eigenvalue weighted by molar-refractivity contribution is 0.365. The van der Waals surface area contributed by atoms with Gasteiger partial charge in [-0.2, -0.15) is 4.98 Å². The zero-order valence-corrected chi connectivity index (χ0v) is 11.9. The lowest BCUT2D eigenvalue weighted by Gasteiger charge is -2.03. The van der Waals surface area contributed by atoms with Gasteiger partial charge in [-0.1, -0.05) is 36.3 Å². The Hall–Kier alpha value is -1.68. The standard InChI is InChI=1S/C16H21N3O/c1-2-12-3-6-14(7-4-12)16-18-15(20-19-16)8-5-13-9-10-17-11-13/h3-4,6-7,13,17H,2,5,8-11H2,1H3. The van der Waals surface area contributed by atoms with Crippen molar-refractivity contribution in [1.82, 2.24) is 15.5 Å². The van der Waals surface area contributed by atoms with Crippen molar-refractivity contribution in [3.63, 3.8) is 0 Å². The zero-order valence-electron chi connectivity index (χ0n) is 11.9. The van der Waals surface area contributed by atoms with Gasteiger partial charge < -0.3 is 9.84 Å². The first-order valence-corrected chi connectivity index (χ1v) is 7.47. The Kier molecular flexibility index (Phi) is 4.11. The average molecular weight is 271 g/mol. The predicted molar refractivity (Wildman–Crippen MR) is 78.4 cm³/mol. The van der Waals surface area contributed by atoms with Crippen LogP contribution in [0.25, 0.3) is 11.4 Å². The Bertz CT molecular complexity index is 541. The topological polar surface area (TPSA) is 51.0 Å². The highest BCUT2D eigenvalue weighted by Crippen LogP contribution is 2.19. The molecule has 1 unspecified atom stereocenters. The summed E-state index contributed by atoms with van der Waals surface area (Å²) in [4.78, 5) is 4.50. The van der Waals surface area contributed by atoms with Crippen molar-refractivity contribution in [2.75, 3.05) is 13.1 Å². The number of aryl methyl sites for hydroxylation is 2. The highest BCUT2D eigenvalue weighted by molar-refractivity contribution is 5.54. The molecule has 1 aliphatic heterocycles. The molecule has 1 aliphatic rings. The third-order valence-electron chi connectivity index (χ3n) is 4.02. The number of hydrogen-bond donors (Lipinski definition) is 1. The molecule has 0 saturated carbocycles. The third kappa shape index (κ3) is 3.07. The molecule has 2 aromatic rings. The quantitative estimate of drug-likeness (QED) is 0.908. The summed E-state index contributed by atoms with van der Waals surface area (Å²) in [5.74, 6) is 2.22. The van der Waals surface area contributed by atoms with Gasteiger partial charge in [-0.15, -0.1) is 0 Å². The van der Waals surface area contributed by atoms with E-state index in [0.717, 1.165) is 49.7 Å². The summed E-state index contributed by atoms with van der Waals surface area (Å²) < 4.78 is 5.35. The molecule has 1 aromatic heterocycles. The first-order valence-electron chi connectivity index (χ1n) is 7.47. The van der Waals surface area contributed by atoms with Gasteiger partial charge in [0.05, 0.1) is 0 Å². The summed E-state index contributed by atoms with van der Waals surface area (Å²) in [6.07, 6.45) is 4.32. The van der Waals surface area contributed by atoms with Gasteiger partial charge in [0.25, 0.3) is 0 Å². The summed E-state index contributed by atoms with van der Waals surface area (Å²) in [5.41, 5.74) is 2.35. The van der Waals surface area contributed by atoms with Gasteiger partial charge in [0.2, 0.25) is 11.7 Å². The fraction of sp³-hybridized carbons (Fsp3) is 0.500. The van der Waals surface area contributed by atoms with Gasteiger partial charge >= 0.3 is 0 Å². The van der Waals surface area contributed by atoms with Crippen molar-refractivity contribution in [2.45, 2.75) is 32.6 Å². The first-order chi connectivity index (χ1) is 9.85. The van der Waals surface area contributed by atoms with Crippen molar-refractivity contribution in [1.29, 1.82) is 0 Å². The van der Waals surface area contributed by atoms with E-state index >= 15 is 0 Å². The van der Waals surface area contributed by atoms with Crippen molar-refractivity contribution in [3.8, 4) is 11.4 Å². The molecular formula is C16H21N3O. The van der Waals surface area contributed by atoms with Crippen LogP contribution in [0, 0.1) is 5.92 Å². The summed E-state index contributed by atoms with van der Waals surface area (Å²) in [6, 6.07) is 8.37. The Labute approximate surface area is 119 Å². The van der Waals surface area contributed by atoms with Crippen molar-refractivity contribution >= 4 is 0 Å². The minimum absolute atomic E-state index is 0.701. The van der Waals surface area contributed by atoms with E-state index in [9.17, 15) is 0 Å². The van der Waals surface area contributed by atoms with Crippen molar-refractivity contribution < 1.29 is 4.52 Å². The highest BCUT2D eigenvalue weighted by Gasteiger charge is 2.16. The smallest absolute Gasteiger partial charge is 0.226 e. The Balaban J connectivity index is 1.62. The molecule has 20 heavy (non-hydrogen) atoms. The van der Waals surface area contributed by atoms with Gasteiger partial charge in [0, 0.05) is 12.0 Å². The summed E-state index contributed by atoms with van der Waals surface area (Å²) in [7, 11) is 0. The fourth-order valence-electron chi connectivity index (χ4n) is 2.65. The summed E-state index contributed by atoms with van der Waals surface area (Å²) >= 11 is 0. The van der Waals surface area contributed by atoms with Crippen LogP contribution in [-0.4, -0.2) is 23.2 Å². The number of benzene rings is 1. The molecule has 1 aromatic carbocycles. The van der Waals surface area contributed by atoms with E-state index in [0.29, 0.717) is 5.82 Å². The van der Waals surface area contributed by atoms with E-state index in [4.69, 9.17) is 4.52 Å². The van der Waals surface area contributed by atoms with Crippen LogP contribution in [0.5, 0.6) is 0 Å². The van der Waals surface area contributed by atoms with E-state index in [1.165, 1.54) is 12.0 Å².